The van der Waals surface area contributed by atoms with E-state index in [1.165, 1.54) is 11.8 Å². The Kier molecular flexibility index (Phi) is 3.08. The van der Waals surface area contributed by atoms with E-state index in [4.69, 9.17) is 10.2 Å². The summed E-state index contributed by atoms with van der Waals surface area (Å²) in [5.74, 6) is 0.313. The Bertz CT molecular complexity index is 673. The summed E-state index contributed by atoms with van der Waals surface area (Å²) in [6.45, 7) is 1.73. The van der Waals surface area contributed by atoms with Crippen LogP contribution in [0.5, 0.6) is 0 Å². The lowest BCUT2D eigenvalue weighted by Gasteiger charge is -2.06. The van der Waals surface area contributed by atoms with E-state index in [0.717, 1.165) is 20.6 Å². The molecule has 8 heteroatoms. The van der Waals surface area contributed by atoms with E-state index < -0.39 is 6.04 Å². The molecule has 2 heterocycles. The van der Waals surface area contributed by atoms with E-state index in [-0.39, 0.29) is 5.91 Å². The van der Waals surface area contributed by atoms with Crippen molar-refractivity contribution in [3.8, 4) is 0 Å². The zero-order chi connectivity index (χ0) is 13.6. The molecule has 3 N–H and O–H groups in total. The summed E-state index contributed by atoms with van der Waals surface area (Å²) in [6.07, 6.45) is 0. The van der Waals surface area contributed by atoms with Crippen LogP contribution in [0.4, 0.5) is 5.69 Å². The summed E-state index contributed by atoms with van der Waals surface area (Å²) in [5, 5.41) is 10.9. The number of nitrogens with zero attached hydrogens (tertiary/aromatic N) is 2. The number of carbonyl (C=O) groups excluding carboxylic acids is 1. The summed E-state index contributed by atoms with van der Waals surface area (Å²) < 4.78 is 6.14. The van der Waals surface area contributed by atoms with E-state index in [2.05, 4.69) is 31.4 Å². The Morgan fingerprint density at radius 3 is 2.95 bits per heavy atom. The highest BCUT2D eigenvalue weighted by Crippen LogP contribution is 2.40. The zero-order valence-corrected chi connectivity index (χ0v) is 12.2. The number of aromatic nitrogens is 2. The highest BCUT2D eigenvalue weighted by Gasteiger charge is 2.28. The van der Waals surface area contributed by atoms with Crippen molar-refractivity contribution in [3.05, 3.63) is 28.1 Å². The van der Waals surface area contributed by atoms with Crippen LogP contribution in [0.1, 0.15) is 17.5 Å². The SMILES string of the molecule is Cc1nnc(Sc2cc3c(cc2Br)C(N)C(=O)N3)o1. The number of anilines is 1. The first-order valence-electron chi connectivity index (χ1n) is 5.42. The molecule has 1 amide bonds. The molecule has 6 nitrogen and oxygen atoms in total. The van der Waals surface area contributed by atoms with Gasteiger partial charge in [-0.05, 0) is 39.8 Å². The summed E-state index contributed by atoms with van der Waals surface area (Å²) in [5.41, 5.74) is 7.29. The van der Waals surface area contributed by atoms with E-state index in [1.807, 2.05) is 12.1 Å². The van der Waals surface area contributed by atoms with Gasteiger partial charge in [0.2, 0.25) is 11.8 Å². The van der Waals surface area contributed by atoms with Gasteiger partial charge < -0.3 is 15.5 Å². The standard InChI is InChI=1S/C11H9BrN4O2S/c1-4-15-16-11(18-4)19-8-3-7-5(2-6(8)12)9(13)10(17)14-7/h2-3,9H,13H2,1H3,(H,14,17). The van der Waals surface area contributed by atoms with Gasteiger partial charge in [-0.1, -0.05) is 0 Å². The normalized spacial score (nSPS) is 17.4. The lowest BCUT2D eigenvalue weighted by molar-refractivity contribution is -0.116. The van der Waals surface area contributed by atoms with Crippen LogP contribution >= 0.6 is 27.7 Å². The third-order valence-electron chi connectivity index (χ3n) is 2.68. The van der Waals surface area contributed by atoms with E-state index >= 15 is 0 Å². The zero-order valence-electron chi connectivity index (χ0n) is 9.81. The first kappa shape index (κ1) is 12.6. The molecule has 0 aliphatic carbocycles. The quantitative estimate of drug-likeness (QED) is 0.870. The average Bonchev–Trinajstić information content (AvgIpc) is 2.87. The van der Waals surface area contributed by atoms with Gasteiger partial charge in [0.05, 0.1) is 0 Å². The third-order valence-corrected chi connectivity index (χ3v) is 4.50. The maximum atomic E-state index is 11.5. The number of halogens is 1. The lowest BCUT2D eigenvalue weighted by atomic mass is 10.1. The number of hydrogen-bond donors (Lipinski definition) is 2. The molecule has 1 aliphatic rings. The molecule has 1 unspecified atom stereocenters. The second-order valence-electron chi connectivity index (χ2n) is 4.03. The number of hydrogen-bond acceptors (Lipinski definition) is 6. The molecule has 0 spiro atoms. The molecule has 2 aromatic rings. The first-order chi connectivity index (χ1) is 9.04. The third kappa shape index (κ3) is 2.26. The van der Waals surface area contributed by atoms with Crippen molar-refractivity contribution in [1.82, 2.24) is 10.2 Å². The van der Waals surface area contributed by atoms with Gasteiger partial charge in [-0.25, -0.2) is 0 Å². The summed E-state index contributed by atoms with van der Waals surface area (Å²) in [6, 6.07) is 3.06. The number of carbonyl (C=O) groups is 1. The second kappa shape index (κ2) is 4.62. The Morgan fingerprint density at radius 1 is 1.47 bits per heavy atom. The maximum absolute atomic E-state index is 11.5. The van der Waals surface area contributed by atoms with Crippen LogP contribution in [0.3, 0.4) is 0 Å². The van der Waals surface area contributed by atoms with Crippen molar-refractivity contribution in [2.24, 2.45) is 5.73 Å². The van der Waals surface area contributed by atoms with Gasteiger partial charge in [0.25, 0.3) is 5.22 Å². The molecule has 0 saturated heterocycles. The largest absolute Gasteiger partial charge is 0.416 e. The molecule has 98 valence electrons. The van der Waals surface area contributed by atoms with Gasteiger partial charge in [0.15, 0.2) is 0 Å². The molecule has 0 saturated carbocycles. The van der Waals surface area contributed by atoms with Crippen molar-refractivity contribution >= 4 is 39.3 Å². The van der Waals surface area contributed by atoms with Gasteiger partial charge >= 0.3 is 0 Å². The molecule has 1 aromatic carbocycles. The van der Waals surface area contributed by atoms with Gasteiger partial charge in [0.1, 0.15) is 6.04 Å². The number of fused-ring (bicyclic) bond motifs is 1. The van der Waals surface area contributed by atoms with Crippen LogP contribution in [-0.4, -0.2) is 16.1 Å². The summed E-state index contributed by atoms with van der Waals surface area (Å²) >= 11 is 4.78. The molecule has 1 atom stereocenters. The Balaban J connectivity index is 1.96. The van der Waals surface area contributed by atoms with Gasteiger partial charge in [0, 0.05) is 27.5 Å². The first-order valence-corrected chi connectivity index (χ1v) is 7.03. The van der Waals surface area contributed by atoms with Crippen LogP contribution in [0.2, 0.25) is 0 Å². The number of aryl methyl sites for hydroxylation is 1. The van der Waals surface area contributed by atoms with E-state index in [0.29, 0.717) is 11.1 Å². The molecule has 1 aliphatic heterocycles. The fourth-order valence-electron chi connectivity index (χ4n) is 1.78. The highest BCUT2D eigenvalue weighted by molar-refractivity contribution is 9.10. The van der Waals surface area contributed by atoms with Crippen molar-refractivity contribution in [2.45, 2.75) is 23.1 Å². The minimum Gasteiger partial charge on any atom is -0.416 e. The van der Waals surface area contributed by atoms with Crippen LogP contribution in [-0.2, 0) is 4.79 Å². The molecule has 3 rings (SSSR count). The van der Waals surface area contributed by atoms with Crippen LogP contribution in [0, 0.1) is 6.92 Å². The fourth-order valence-corrected chi connectivity index (χ4v) is 3.15. The average molecular weight is 341 g/mol. The predicted molar refractivity (Wildman–Crippen MR) is 72.9 cm³/mol. The summed E-state index contributed by atoms with van der Waals surface area (Å²) in [4.78, 5) is 12.4. The molecule has 0 fully saturated rings. The number of benzene rings is 1. The lowest BCUT2D eigenvalue weighted by Crippen LogP contribution is -2.19. The number of nitrogens with one attached hydrogen (secondary N) is 1. The van der Waals surface area contributed by atoms with Crippen molar-refractivity contribution < 1.29 is 9.21 Å². The Morgan fingerprint density at radius 2 is 2.26 bits per heavy atom. The Hall–Kier alpha value is -1.38. The Labute approximate surface area is 121 Å². The smallest absolute Gasteiger partial charge is 0.281 e. The van der Waals surface area contributed by atoms with Crippen molar-refractivity contribution in [1.29, 1.82) is 0 Å². The number of nitrogens with two attached hydrogens (primary N) is 1. The molecule has 0 radical (unpaired) electrons. The number of rotatable bonds is 2. The minimum absolute atomic E-state index is 0.197. The summed E-state index contributed by atoms with van der Waals surface area (Å²) in [7, 11) is 0. The molecular weight excluding hydrogens is 332 g/mol. The van der Waals surface area contributed by atoms with E-state index in [1.54, 1.807) is 6.92 Å². The predicted octanol–water partition coefficient (Wildman–Crippen LogP) is 2.24. The minimum atomic E-state index is -0.615. The van der Waals surface area contributed by atoms with Gasteiger partial charge in [-0.15, -0.1) is 10.2 Å². The van der Waals surface area contributed by atoms with Crippen LogP contribution in [0.25, 0.3) is 0 Å². The highest BCUT2D eigenvalue weighted by atomic mass is 79.9. The van der Waals surface area contributed by atoms with Crippen molar-refractivity contribution in [2.75, 3.05) is 5.32 Å². The maximum Gasteiger partial charge on any atom is 0.281 e. The second-order valence-corrected chi connectivity index (χ2v) is 5.87. The molecular formula is C11H9BrN4O2S. The molecule has 19 heavy (non-hydrogen) atoms. The van der Waals surface area contributed by atoms with Crippen LogP contribution in [0.15, 0.2) is 31.1 Å². The number of amides is 1. The molecule has 0 bridgehead atoms. The van der Waals surface area contributed by atoms with Crippen LogP contribution < -0.4 is 11.1 Å². The monoisotopic (exact) mass is 340 g/mol. The van der Waals surface area contributed by atoms with E-state index in [9.17, 15) is 4.79 Å². The van der Waals surface area contributed by atoms with Gasteiger partial charge in [-0.2, -0.15) is 0 Å². The van der Waals surface area contributed by atoms with Crippen molar-refractivity contribution in [3.63, 3.8) is 0 Å². The van der Waals surface area contributed by atoms with Gasteiger partial charge in [-0.3, -0.25) is 4.79 Å². The molecule has 1 aromatic heterocycles. The fraction of sp³-hybridized carbons (Fsp3) is 0.182. The topological polar surface area (TPSA) is 94.0 Å².